The number of hydrogen-bond donors (Lipinski definition) is 4. The van der Waals surface area contributed by atoms with Crippen molar-refractivity contribution >= 4 is 49.3 Å². The molecule has 2 aliphatic carbocycles. The van der Waals surface area contributed by atoms with E-state index in [0.717, 1.165) is 31.7 Å². The van der Waals surface area contributed by atoms with Gasteiger partial charge >= 0.3 is 11.9 Å². The smallest absolute Gasteiger partial charge is 0.311 e. The van der Waals surface area contributed by atoms with Gasteiger partial charge in [-0.2, -0.15) is 4.72 Å². The van der Waals surface area contributed by atoms with E-state index in [0.29, 0.717) is 24.2 Å². The fraction of sp³-hybridized carbons (Fsp3) is 0.625. The van der Waals surface area contributed by atoms with Crippen LogP contribution in [0.5, 0.6) is 0 Å². The molecular weight excluding hydrogens is 670 g/mol. The second kappa shape index (κ2) is 14.6. The molecule has 0 amide bonds. The number of allylic oxidation sites excluding steroid dienone is 3. The van der Waals surface area contributed by atoms with Gasteiger partial charge in [0.1, 0.15) is 22.0 Å². The first kappa shape index (κ1) is 37.3. The van der Waals surface area contributed by atoms with Crippen molar-refractivity contribution in [3.05, 3.63) is 41.0 Å². The van der Waals surface area contributed by atoms with Crippen molar-refractivity contribution in [1.29, 1.82) is 0 Å². The Kier molecular flexibility index (Phi) is 11.6. The Balaban J connectivity index is 0.000000248. The molecule has 0 bridgehead atoms. The fourth-order valence-corrected chi connectivity index (χ4v) is 8.78. The lowest BCUT2D eigenvalue weighted by atomic mass is 9.65. The highest BCUT2D eigenvalue weighted by Gasteiger charge is 2.43. The van der Waals surface area contributed by atoms with Crippen molar-refractivity contribution in [3.8, 4) is 0 Å². The largest absolute Gasteiger partial charge is 0.462 e. The highest BCUT2D eigenvalue weighted by atomic mass is 35.5. The number of esters is 2. The number of benzene rings is 1. The summed E-state index contributed by atoms with van der Waals surface area (Å²) >= 11 is 5.72. The molecule has 262 valence electrons. The van der Waals surface area contributed by atoms with Gasteiger partial charge in [-0.3, -0.25) is 9.59 Å². The summed E-state index contributed by atoms with van der Waals surface area (Å²) in [5.41, 5.74) is 1.02. The van der Waals surface area contributed by atoms with Gasteiger partial charge in [0.2, 0.25) is 20.0 Å². The molecule has 0 radical (unpaired) electrons. The summed E-state index contributed by atoms with van der Waals surface area (Å²) in [6.45, 7) is 10.3. The van der Waals surface area contributed by atoms with Crippen LogP contribution in [0.3, 0.4) is 0 Å². The van der Waals surface area contributed by atoms with Crippen molar-refractivity contribution in [2.75, 3.05) is 12.0 Å². The highest BCUT2D eigenvalue weighted by molar-refractivity contribution is 7.90. The molecule has 2 heterocycles. The number of hydrogen-bond acceptors (Lipinski definition) is 10. The van der Waals surface area contributed by atoms with Crippen LogP contribution in [0.4, 0.5) is 5.69 Å². The zero-order valence-electron chi connectivity index (χ0n) is 27.4. The van der Waals surface area contributed by atoms with Crippen LogP contribution in [0.15, 0.2) is 45.7 Å². The molecule has 1 fully saturated rings. The van der Waals surface area contributed by atoms with Gasteiger partial charge in [-0.1, -0.05) is 50.6 Å². The van der Waals surface area contributed by atoms with Crippen molar-refractivity contribution in [1.82, 2.24) is 4.72 Å². The first-order chi connectivity index (χ1) is 21.8. The molecule has 0 spiro atoms. The summed E-state index contributed by atoms with van der Waals surface area (Å²) < 4.78 is 59.5. The number of nitrogens with two attached hydrogens (primary N) is 1. The Bertz CT molecular complexity index is 1640. The van der Waals surface area contributed by atoms with E-state index < -0.39 is 36.5 Å². The average molecular weight is 716 g/mol. The zero-order valence-corrected chi connectivity index (χ0v) is 29.8. The van der Waals surface area contributed by atoms with Crippen LogP contribution < -0.4 is 15.2 Å². The number of carbonyl (C=O) groups is 2. The predicted octanol–water partition coefficient (Wildman–Crippen LogP) is 4.23. The predicted molar refractivity (Wildman–Crippen MR) is 177 cm³/mol. The van der Waals surface area contributed by atoms with Gasteiger partial charge in [-0.25, -0.2) is 22.0 Å². The summed E-state index contributed by atoms with van der Waals surface area (Å²) in [5, 5.41) is 17.4. The number of aliphatic hydroxyl groups excluding tert-OH is 1. The van der Waals surface area contributed by atoms with E-state index in [1.54, 1.807) is 0 Å². The zero-order chi connectivity index (χ0) is 34.9. The molecule has 0 aromatic heterocycles. The topological polar surface area (TPSA) is 191 Å². The van der Waals surface area contributed by atoms with E-state index in [1.165, 1.54) is 11.6 Å². The van der Waals surface area contributed by atoms with Crippen LogP contribution in [0, 0.1) is 29.1 Å². The molecule has 5 N–H and O–H groups in total. The normalized spacial score (nSPS) is 29.9. The SMILES string of the molecule is CCC(C)(C)C(=O)O[C@H]1C[C@@H](C)C=C2C=C[C@H](C)[C@H](CC[C@@H]3C[C@@H](O)CC(=O)O3)[C@H]21.NS(=O)(=O)c1cc2c(cc1Cl)NCNS2(=O)=O. The molecule has 47 heavy (non-hydrogen) atoms. The lowest BCUT2D eigenvalue weighted by Crippen LogP contribution is -2.43. The number of cyclic esters (lactones) is 1. The van der Waals surface area contributed by atoms with E-state index in [-0.39, 0.29) is 58.8 Å². The Morgan fingerprint density at radius 1 is 1.21 bits per heavy atom. The molecule has 12 nitrogen and oxygen atoms in total. The number of anilines is 1. The van der Waals surface area contributed by atoms with Gasteiger partial charge in [0.05, 0.1) is 35.3 Å². The van der Waals surface area contributed by atoms with Crippen molar-refractivity contribution in [2.24, 2.45) is 34.2 Å². The van der Waals surface area contributed by atoms with E-state index in [4.69, 9.17) is 26.2 Å². The molecule has 2 aliphatic heterocycles. The monoisotopic (exact) mass is 715 g/mol. The van der Waals surface area contributed by atoms with E-state index in [2.05, 4.69) is 42.1 Å². The molecule has 1 aromatic carbocycles. The lowest BCUT2D eigenvalue weighted by molar-refractivity contribution is -0.166. The quantitative estimate of drug-likeness (QED) is 0.297. The lowest BCUT2D eigenvalue weighted by Gasteiger charge is -2.44. The second-order valence-electron chi connectivity index (χ2n) is 13.6. The number of aliphatic hydroxyl groups is 1. The van der Waals surface area contributed by atoms with Crippen molar-refractivity contribution in [3.63, 3.8) is 0 Å². The summed E-state index contributed by atoms with van der Waals surface area (Å²) in [7, 11) is -7.80. The first-order valence-corrected chi connectivity index (χ1v) is 19.3. The number of nitrogens with one attached hydrogen (secondary N) is 2. The molecule has 1 aromatic rings. The van der Waals surface area contributed by atoms with Gasteiger partial charge in [0, 0.05) is 12.3 Å². The minimum atomic E-state index is -4.07. The molecule has 1 saturated heterocycles. The van der Waals surface area contributed by atoms with Gasteiger partial charge in [-0.15, -0.1) is 0 Å². The third kappa shape index (κ3) is 8.95. The minimum absolute atomic E-state index is 0.0143. The number of carbonyl (C=O) groups excluding carboxylic acids is 2. The number of ether oxygens (including phenoxy) is 2. The molecule has 15 heteroatoms. The van der Waals surface area contributed by atoms with Crippen LogP contribution in [-0.2, 0) is 39.1 Å². The average Bonchev–Trinajstić information content (AvgIpc) is 2.95. The molecule has 0 saturated carbocycles. The summed E-state index contributed by atoms with van der Waals surface area (Å²) in [4.78, 5) is 23.9. The maximum Gasteiger partial charge on any atom is 0.311 e. The highest BCUT2D eigenvalue weighted by Crippen LogP contribution is 2.45. The standard InChI is InChI=1S/C25H38O5.C7H8ClN3O4S2/c1-6-25(4,5)24(28)30-21-12-15(2)11-17-8-7-16(3)20(23(17)21)10-9-19-13-18(26)14-22(27)29-19;8-4-1-5-7(2-6(4)16(9,12)13)17(14,15)11-3-10-5/h7-8,11,15-16,18-21,23,26H,6,9-10,12-14H2,1-5H3;1-2,10-11H,3H2,(H2,9,12,13)/t15-,16-,18+,19+,20-,21-,23-;/m0./s1. The Hall–Kier alpha value is -2.49. The first-order valence-electron chi connectivity index (χ1n) is 15.9. The summed E-state index contributed by atoms with van der Waals surface area (Å²) in [6, 6.07) is 2.15. The number of fused-ring (bicyclic) bond motifs is 2. The Labute approximate surface area is 282 Å². The van der Waals surface area contributed by atoms with Crippen LogP contribution in [0.1, 0.15) is 73.1 Å². The third-order valence-corrected chi connectivity index (χ3v) is 12.3. The van der Waals surface area contributed by atoms with Crippen molar-refractivity contribution in [2.45, 2.75) is 101 Å². The van der Waals surface area contributed by atoms with Crippen LogP contribution in [-0.4, -0.2) is 58.9 Å². The van der Waals surface area contributed by atoms with Crippen LogP contribution in [0.2, 0.25) is 5.02 Å². The fourth-order valence-electron chi connectivity index (χ4n) is 6.50. The molecular formula is C32H46ClN3O9S2. The number of halogens is 1. The van der Waals surface area contributed by atoms with E-state index >= 15 is 0 Å². The van der Waals surface area contributed by atoms with E-state index in [9.17, 15) is 31.5 Å². The van der Waals surface area contributed by atoms with Crippen LogP contribution >= 0.6 is 11.6 Å². The Morgan fingerprint density at radius 2 is 1.91 bits per heavy atom. The molecule has 4 aliphatic rings. The van der Waals surface area contributed by atoms with E-state index in [1.807, 2.05) is 20.8 Å². The number of rotatable bonds is 7. The van der Waals surface area contributed by atoms with Crippen LogP contribution in [0.25, 0.3) is 0 Å². The molecule has 5 rings (SSSR count). The molecule has 0 unspecified atom stereocenters. The minimum Gasteiger partial charge on any atom is -0.462 e. The van der Waals surface area contributed by atoms with Crippen molar-refractivity contribution < 1.29 is 41.0 Å². The number of primary sulfonamides is 1. The summed E-state index contributed by atoms with van der Waals surface area (Å²) in [5.74, 6) is 0.776. The third-order valence-electron chi connectivity index (χ3n) is 9.52. The Morgan fingerprint density at radius 3 is 2.55 bits per heavy atom. The molecule has 7 atom stereocenters. The van der Waals surface area contributed by atoms with Gasteiger partial charge in [0.25, 0.3) is 0 Å². The van der Waals surface area contributed by atoms with Gasteiger partial charge in [0.15, 0.2) is 0 Å². The second-order valence-corrected chi connectivity index (χ2v) is 17.2. The summed E-state index contributed by atoms with van der Waals surface area (Å²) in [6.07, 6.45) is 9.61. The van der Waals surface area contributed by atoms with Gasteiger partial charge < -0.3 is 19.9 Å². The number of sulfonamides is 2. The van der Waals surface area contributed by atoms with Gasteiger partial charge in [-0.05, 0) is 75.0 Å². The maximum absolute atomic E-state index is 12.9. The maximum atomic E-state index is 12.9.